The maximum Gasteiger partial charge on any atom is 0.340 e. The Labute approximate surface area is 142 Å². The zero-order valence-corrected chi connectivity index (χ0v) is 13.8. The molecular formula is C20H22O4. The molecule has 0 bridgehead atoms. The molecule has 3 atom stereocenters. The van der Waals surface area contributed by atoms with Crippen LogP contribution in [0.5, 0.6) is 0 Å². The van der Waals surface area contributed by atoms with Crippen molar-refractivity contribution in [3.63, 3.8) is 0 Å². The molecule has 1 aliphatic rings. The summed E-state index contributed by atoms with van der Waals surface area (Å²) >= 11 is 0. The number of hydrogen-bond donors (Lipinski definition) is 0. The van der Waals surface area contributed by atoms with E-state index in [1.165, 1.54) is 7.11 Å². The number of fused-ring (bicyclic) bond motifs is 1. The van der Waals surface area contributed by atoms with Gasteiger partial charge in [-0.15, -0.1) is 6.58 Å². The molecule has 1 aliphatic heterocycles. The SMILES string of the molecule is C=CC[C@@H](CC1CO1)OC(=O)[C@H](OC)c1ccc2ccccc2c1. The number of carbonyl (C=O) groups is 1. The van der Waals surface area contributed by atoms with Crippen LogP contribution in [0.3, 0.4) is 0 Å². The second-order valence-corrected chi connectivity index (χ2v) is 6.00. The zero-order valence-electron chi connectivity index (χ0n) is 13.8. The molecule has 0 aliphatic carbocycles. The van der Waals surface area contributed by atoms with Crippen molar-refractivity contribution in [3.05, 3.63) is 60.7 Å². The fourth-order valence-corrected chi connectivity index (χ4v) is 2.84. The Morgan fingerprint density at radius 3 is 2.75 bits per heavy atom. The summed E-state index contributed by atoms with van der Waals surface area (Å²) in [6, 6.07) is 13.9. The predicted molar refractivity (Wildman–Crippen MR) is 92.7 cm³/mol. The Balaban J connectivity index is 1.75. The number of rotatable bonds is 8. The summed E-state index contributed by atoms with van der Waals surface area (Å²) in [4.78, 5) is 12.6. The number of hydrogen-bond acceptors (Lipinski definition) is 4. The van der Waals surface area contributed by atoms with Gasteiger partial charge in [-0.2, -0.15) is 0 Å². The van der Waals surface area contributed by atoms with Crippen molar-refractivity contribution in [1.29, 1.82) is 0 Å². The fraction of sp³-hybridized carbons (Fsp3) is 0.350. The third kappa shape index (κ3) is 4.02. The standard InChI is InChI=1S/C20H22O4/c1-3-6-17(12-18-13-23-18)24-20(21)19(22-2)16-10-9-14-7-4-5-8-15(14)11-16/h3-5,7-11,17-19H,1,6,12-13H2,2H3/t17-,18?,19+/m0/s1. The highest BCUT2D eigenvalue weighted by Gasteiger charge is 2.30. The highest BCUT2D eigenvalue weighted by atomic mass is 16.6. The van der Waals surface area contributed by atoms with Crippen molar-refractivity contribution in [2.24, 2.45) is 0 Å². The van der Waals surface area contributed by atoms with Crippen LogP contribution >= 0.6 is 0 Å². The Hall–Kier alpha value is -2.17. The Kier molecular flexibility index (Phi) is 5.28. The van der Waals surface area contributed by atoms with Gasteiger partial charge in [0.25, 0.3) is 0 Å². The predicted octanol–water partition coefficient (Wildman–Crippen LogP) is 3.80. The van der Waals surface area contributed by atoms with Crippen molar-refractivity contribution >= 4 is 16.7 Å². The smallest absolute Gasteiger partial charge is 0.340 e. The van der Waals surface area contributed by atoms with E-state index < -0.39 is 6.10 Å². The first-order chi connectivity index (χ1) is 11.7. The molecule has 0 spiro atoms. The quantitative estimate of drug-likeness (QED) is 0.420. The number of benzene rings is 2. The van der Waals surface area contributed by atoms with Gasteiger partial charge in [-0.1, -0.05) is 42.5 Å². The maximum atomic E-state index is 12.6. The molecule has 0 N–H and O–H groups in total. The van der Waals surface area contributed by atoms with Crippen LogP contribution in [0.2, 0.25) is 0 Å². The minimum atomic E-state index is -0.734. The lowest BCUT2D eigenvalue weighted by Gasteiger charge is -2.20. The van der Waals surface area contributed by atoms with E-state index in [1.54, 1.807) is 6.08 Å². The molecule has 1 saturated heterocycles. The molecule has 1 unspecified atom stereocenters. The first-order valence-electron chi connectivity index (χ1n) is 8.15. The second-order valence-electron chi connectivity index (χ2n) is 6.00. The summed E-state index contributed by atoms with van der Waals surface area (Å²) < 4.78 is 16.3. The molecule has 2 aromatic carbocycles. The monoisotopic (exact) mass is 326 g/mol. The average molecular weight is 326 g/mol. The molecule has 4 nitrogen and oxygen atoms in total. The zero-order chi connectivity index (χ0) is 16.9. The molecule has 3 rings (SSSR count). The highest BCUT2D eigenvalue weighted by molar-refractivity contribution is 5.85. The summed E-state index contributed by atoms with van der Waals surface area (Å²) in [5.41, 5.74) is 0.793. The van der Waals surface area contributed by atoms with Gasteiger partial charge >= 0.3 is 5.97 Å². The van der Waals surface area contributed by atoms with Crippen molar-refractivity contribution in [1.82, 2.24) is 0 Å². The van der Waals surface area contributed by atoms with Crippen LogP contribution < -0.4 is 0 Å². The molecule has 0 amide bonds. The molecule has 4 heteroatoms. The van der Waals surface area contributed by atoms with Crippen LogP contribution in [-0.4, -0.2) is 31.9 Å². The van der Waals surface area contributed by atoms with Gasteiger partial charge in [0.05, 0.1) is 12.7 Å². The first kappa shape index (κ1) is 16.7. The number of carbonyl (C=O) groups excluding carboxylic acids is 1. The van der Waals surface area contributed by atoms with Gasteiger partial charge in [-0.25, -0.2) is 4.79 Å². The summed E-state index contributed by atoms with van der Waals surface area (Å²) in [6.07, 6.45) is 2.32. The number of ether oxygens (including phenoxy) is 3. The molecule has 1 fully saturated rings. The lowest BCUT2D eigenvalue weighted by Crippen LogP contribution is -2.25. The van der Waals surface area contributed by atoms with E-state index in [2.05, 4.69) is 6.58 Å². The normalized spacial score (nSPS) is 18.8. The van der Waals surface area contributed by atoms with Crippen molar-refractivity contribution in [3.8, 4) is 0 Å². The highest BCUT2D eigenvalue weighted by Crippen LogP contribution is 2.26. The summed E-state index contributed by atoms with van der Waals surface area (Å²) in [7, 11) is 1.52. The van der Waals surface area contributed by atoms with Gasteiger partial charge in [0.15, 0.2) is 6.10 Å². The lowest BCUT2D eigenvalue weighted by molar-refractivity contribution is -0.161. The molecular weight excluding hydrogens is 304 g/mol. The van der Waals surface area contributed by atoms with Gasteiger partial charge in [0.1, 0.15) is 6.10 Å². The topological polar surface area (TPSA) is 48.1 Å². The van der Waals surface area contributed by atoms with Crippen LogP contribution in [0.1, 0.15) is 24.5 Å². The lowest BCUT2D eigenvalue weighted by atomic mass is 10.0. The first-order valence-corrected chi connectivity index (χ1v) is 8.15. The van der Waals surface area contributed by atoms with Crippen molar-refractivity contribution < 1.29 is 19.0 Å². The van der Waals surface area contributed by atoms with Gasteiger partial charge < -0.3 is 14.2 Å². The van der Waals surface area contributed by atoms with E-state index in [0.29, 0.717) is 12.8 Å². The van der Waals surface area contributed by atoms with E-state index in [1.807, 2.05) is 42.5 Å². The maximum absolute atomic E-state index is 12.6. The van der Waals surface area contributed by atoms with E-state index in [-0.39, 0.29) is 18.2 Å². The van der Waals surface area contributed by atoms with Gasteiger partial charge in [-0.05, 0) is 22.4 Å². The summed E-state index contributed by atoms with van der Waals surface area (Å²) in [6.45, 7) is 4.47. The minimum Gasteiger partial charge on any atom is -0.460 e. The van der Waals surface area contributed by atoms with E-state index in [9.17, 15) is 4.79 Å². The van der Waals surface area contributed by atoms with Crippen molar-refractivity contribution in [2.75, 3.05) is 13.7 Å². The van der Waals surface area contributed by atoms with Gasteiger partial charge in [0.2, 0.25) is 0 Å². The van der Waals surface area contributed by atoms with Gasteiger partial charge in [-0.3, -0.25) is 0 Å². The van der Waals surface area contributed by atoms with Crippen LogP contribution in [0, 0.1) is 0 Å². The second kappa shape index (κ2) is 7.60. The molecule has 24 heavy (non-hydrogen) atoms. The van der Waals surface area contributed by atoms with Crippen LogP contribution in [-0.2, 0) is 19.0 Å². The van der Waals surface area contributed by atoms with Crippen molar-refractivity contribution in [2.45, 2.75) is 31.2 Å². The van der Waals surface area contributed by atoms with Crippen LogP contribution in [0.4, 0.5) is 0 Å². The molecule has 126 valence electrons. The van der Waals surface area contributed by atoms with Crippen LogP contribution in [0.25, 0.3) is 10.8 Å². The Morgan fingerprint density at radius 2 is 2.08 bits per heavy atom. The van der Waals surface area contributed by atoms with Gasteiger partial charge in [0, 0.05) is 20.0 Å². The number of methoxy groups -OCH3 is 1. The third-order valence-corrected chi connectivity index (χ3v) is 4.17. The molecule has 0 aromatic heterocycles. The molecule has 0 saturated carbocycles. The van der Waals surface area contributed by atoms with E-state index >= 15 is 0 Å². The summed E-state index contributed by atoms with van der Waals surface area (Å²) in [5.74, 6) is -0.375. The number of epoxide rings is 1. The molecule has 0 radical (unpaired) electrons. The Morgan fingerprint density at radius 1 is 1.33 bits per heavy atom. The molecule has 1 heterocycles. The number of esters is 1. The van der Waals surface area contributed by atoms with E-state index in [0.717, 1.165) is 22.9 Å². The molecule has 2 aromatic rings. The average Bonchev–Trinajstić information content (AvgIpc) is 3.39. The van der Waals surface area contributed by atoms with Crippen LogP contribution in [0.15, 0.2) is 55.1 Å². The third-order valence-electron chi connectivity index (χ3n) is 4.17. The minimum absolute atomic E-state index is 0.199. The Bertz CT molecular complexity index is 720. The fourth-order valence-electron chi connectivity index (χ4n) is 2.84. The summed E-state index contributed by atoms with van der Waals surface area (Å²) in [5, 5.41) is 2.19. The van der Waals surface area contributed by atoms with E-state index in [4.69, 9.17) is 14.2 Å². The largest absolute Gasteiger partial charge is 0.460 e.